The molecular weight excluding hydrogens is 604 g/mol. The lowest BCUT2D eigenvalue weighted by Crippen LogP contribution is -2.52. The lowest BCUT2D eigenvalue weighted by molar-refractivity contribution is -0.284. The van der Waals surface area contributed by atoms with Crippen LogP contribution in [0.3, 0.4) is 0 Å². The summed E-state index contributed by atoms with van der Waals surface area (Å²) in [6.07, 6.45) is 7.33. The van der Waals surface area contributed by atoms with E-state index in [9.17, 15) is 8.42 Å². The van der Waals surface area contributed by atoms with Gasteiger partial charge in [0.15, 0.2) is 0 Å². The summed E-state index contributed by atoms with van der Waals surface area (Å²) in [5.74, 6) is 0. The van der Waals surface area contributed by atoms with Crippen LogP contribution in [0.2, 0.25) is 20.4 Å². The molecule has 1 fully saturated rings. The number of aryl methyl sites for hydroxylation is 1. The number of benzene rings is 2. The molecule has 1 N–H and O–H groups in total. The molecule has 1 saturated carbocycles. The Labute approximate surface area is 247 Å². The molecule has 4 aromatic rings. The molecule has 2 heterocycles. The van der Waals surface area contributed by atoms with Crippen LogP contribution < -0.4 is 4.72 Å². The molecule has 0 saturated heterocycles. The molecule has 2 aromatic carbocycles. The quantitative estimate of drug-likeness (QED) is 0.132. The topological polar surface area (TPSA) is 90.4 Å². The molecule has 0 amide bonds. The van der Waals surface area contributed by atoms with Crippen molar-refractivity contribution in [3.63, 3.8) is 0 Å². The van der Waals surface area contributed by atoms with Gasteiger partial charge < -0.3 is 0 Å². The molecule has 5 rings (SSSR count). The van der Waals surface area contributed by atoms with Gasteiger partial charge in [0.05, 0.1) is 27.6 Å². The second kappa shape index (κ2) is 12.8. The summed E-state index contributed by atoms with van der Waals surface area (Å²) < 4.78 is 28.8. The predicted molar refractivity (Wildman–Crippen MR) is 157 cm³/mol. The SMILES string of the molecule is COOCC1(NS(=O)(=O)c2ccc3c(Cl)cnc(Cl)c3c2)CCCCC1.Cc1ccc2c(Cl)cnc(Cl)c2c1. The fraction of sp³-hybridized carbons (Fsp3) is 0.333. The van der Waals surface area contributed by atoms with Gasteiger partial charge in [-0.25, -0.2) is 32.9 Å². The molecule has 39 heavy (non-hydrogen) atoms. The summed E-state index contributed by atoms with van der Waals surface area (Å²) in [5.41, 5.74) is 0.469. The molecule has 0 radical (unpaired) electrons. The lowest BCUT2D eigenvalue weighted by Gasteiger charge is -2.36. The van der Waals surface area contributed by atoms with E-state index in [4.69, 9.17) is 56.2 Å². The summed E-state index contributed by atoms with van der Waals surface area (Å²) in [6, 6.07) is 10.6. The predicted octanol–water partition coefficient (Wildman–Crippen LogP) is 7.95. The Bertz CT molecular complexity index is 1600. The van der Waals surface area contributed by atoms with E-state index in [2.05, 4.69) is 14.7 Å². The first-order valence-corrected chi connectivity index (χ1v) is 15.2. The Hall–Kier alpha value is -1.75. The van der Waals surface area contributed by atoms with E-state index < -0.39 is 15.6 Å². The van der Waals surface area contributed by atoms with Crippen molar-refractivity contribution in [2.75, 3.05) is 13.7 Å². The Morgan fingerprint density at radius 2 is 1.41 bits per heavy atom. The molecule has 208 valence electrons. The van der Waals surface area contributed by atoms with Crippen LogP contribution in [-0.2, 0) is 19.8 Å². The molecular formula is C27H27Cl4N3O4S. The van der Waals surface area contributed by atoms with Gasteiger partial charge in [0.25, 0.3) is 0 Å². The number of sulfonamides is 1. The van der Waals surface area contributed by atoms with E-state index in [0.29, 0.717) is 38.8 Å². The van der Waals surface area contributed by atoms with E-state index in [1.165, 1.54) is 25.4 Å². The number of hydrogen-bond donors (Lipinski definition) is 1. The Balaban J connectivity index is 0.000000226. The third kappa shape index (κ3) is 7.13. The Kier molecular flexibility index (Phi) is 9.94. The average Bonchev–Trinajstić information content (AvgIpc) is 2.92. The zero-order valence-corrected chi connectivity index (χ0v) is 25.1. The van der Waals surface area contributed by atoms with Crippen LogP contribution in [0.4, 0.5) is 0 Å². The summed E-state index contributed by atoms with van der Waals surface area (Å²) in [7, 11) is -2.38. The van der Waals surface area contributed by atoms with E-state index >= 15 is 0 Å². The highest BCUT2D eigenvalue weighted by atomic mass is 35.5. The van der Waals surface area contributed by atoms with Gasteiger partial charge in [0.2, 0.25) is 10.0 Å². The van der Waals surface area contributed by atoms with Crippen molar-refractivity contribution >= 4 is 78.0 Å². The van der Waals surface area contributed by atoms with Gasteiger partial charge in [-0.2, -0.15) is 0 Å². The first-order chi connectivity index (χ1) is 18.5. The molecule has 0 aliphatic heterocycles. The maximum atomic E-state index is 13.0. The fourth-order valence-electron chi connectivity index (χ4n) is 4.63. The fourth-order valence-corrected chi connectivity index (χ4v) is 6.94. The minimum Gasteiger partial charge on any atom is -0.242 e. The summed E-state index contributed by atoms with van der Waals surface area (Å²) in [5, 5.41) is 4.77. The molecule has 0 atom stereocenters. The number of pyridine rings is 2. The molecule has 0 unspecified atom stereocenters. The van der Waals surface area contributed by atoms with Crippen molar-refractivity contribution in [2.45, 2.75) is 49.5 Å². The Morgan fingerprint density at radius 1 is 0.846 bits per heavy atom. The maximum absolute atomic E-state index is 13.0. The number of rotatable bonds is 6. The molecule has 1 aliphatic carbocycles. The molecule has 12 heteroatoms. The van der Waals surface area contributed by atoms with E-state index in [1.54, 1.807) is 12.3 Å². The summed E-state index contributed by atoms with van der Waals surface area (Å²) in [4.78, 5) is 17.9. The Morgan fingerprint density at radius 3 is 2.00 bits per heavy atom. The van der Waals surface area contributed by atoms with Crippen molar-refractivity contribution < 1.29 is 18.2 Å². The number of aromatic nitrogens is 2. The van der Waals surface area contributed by atoms with Gasteiger partial charge in [-0.3, -0.25) is 0 Å². The van der Waals surface area contributed by atoms with Crippen LogP contribution >= 0.6 is 46.4 Å². The number of halogens is 4. The maximum Gasteiger partial charge on any atom is 0.241 e. The largest absolute Gasteiger partial charge is 0.242 e. The zero-order valence-electron chi connectivity index (χ0n) is 21.3. The van der Waals surface area contributed by atoms with Crippen molar-refractivity contribution in [3.8, 4) is 0 Å². The number of hydrogen-bond acceptors (Lipinski definition) is 6. The van der Waals surface area contributed by atoms with Crippen molar-refractivity contribution in [2.24, 2.45) is 0 Å². The number of nitrogens with zero attached hydrogens (tertiary/aromatic N) is 2. The first kappa shape index (κ1) is 30.2. The van der Waals surface area contributed by atoms with Crippen molar-refractivity contribution in [1.82, 2.24) is 14.7 Å². The molecule has 2 aromatic heterocycles. The normalized spacial score (nSPS) is 15.2. The summed E-state index contributed by atoms with van der Waals surface area (Å²) >= 11 is 24.1. The number of nitrogens with one attached hydrogen (secondary N) is 1. The molecule has 0 bridgehead atoms. The highest BCUT2D eigenvalue weighted by Gasteiger charge is 2.37. The van der Waals surface area contributed by atoms with E-state index in [0.717, 1.165) is 35.6 Å². The summed E-state index contributed by atoms with van der Waals surface area (Å²) in [6.45, 7) is 2.17. The van der Waals surface area contributed by atoms with Gasteiger partial charge in [-0.15, -0.1) is 0 Å². The van der Waals surface area contributed by atoms with Gasteiger partial charge in [-0.1, -0.05) is 89.4 Å². The van der Waals surface area contributed by atoms with E-state index in [1.807, 2.05) is 25.1 Å². The van der Waals surface area contributed by atoms with Crippen LogP contribution in [-0.4, -0.2) is 37.6 Å². The van der Waals surface area contributed by atoms with Gasteiger partial charge >= 0.3 is 0 Å². The number of fused-ring (bicyclic) bond motifs is 2. The van der Waals surface area contributed by atoms with Crippen molar-refractivity contribution in [3.05, 3.63) is 74.7 Å². The second-order valence-corrected chi connectivity index (χ2v) is 12.6. The van der Waals surface area contributed by atoms with Crippen LogP contribution in [0.1, 0.15) is 37.7 Å². The van der Waals surface area contributed by atoms with Crippen LogP contribution in [0.15, 0.2) is 53.7 Å². The van der Waals surface area contributed by atoms with Crippen LogP contribution in [0.25, 0.3) is 21.5 Å². The highest BCUT2D eigenvalue weighted by molar-refractivity contribution is 7.89. The first-order valence-electron chi connectivity index (χ1n) is 12.2. The highest BCUT2D eigenvalue weighted by Crippen LogP contribution is 2.33. The monoisotopic (exact) mass is 629 g/mol. The van der Waals surface area contributed by atoms with Gasteiger partial charge in [-0.05, 0) is 38.0 Å². The van der Waals surface area contributed by atoms with Crippen LogP contribution in [0, 0.1) is 6.92 Å². The van der Waals surface area contributed by atoms with Crippen molar-refractivity contribution in [1.29, 1.82) is 0 Å². The lowest BCUT2D eigenvalue weighted by atomic mass is 9.83. The van der Waals surface area contributed by atoms with Crippen LogP contribution in [0.5, 0.6) is 0 Å². The van der Waals surface area contributed by atoms with Gasteiger partial charge in [0, 0.05) is 33.9 Å². The minimum absolute atomic E-state index is 0.110. The van der Waals surface area contributed by atoms with Gasteiger partial charge in [0.1, 0.15) is 16.9 Å². The minimum atomic E-state index is -3.78. The molecule has 1 aliphatic rings. The van der Waals surface area contributed by atoms with E-state index in [-0.39, 0.29) is 16.7 Å². The third-order valence-electron chi connectivity index (χ3n) is 6.63. The second-order valence-electron chi connectivity index (χ2n) is 9.43. The zero-order chi connectivity index (χ0) is 28.2. The average molecular weight is 631 g/mol. The molecule has 7 nitrogen and oxygen atoms in total. The third-order valence-corrected chi connectivity index (χ3v) is 9.41. The smallest absolute Gasteiger partial charge is 0.241 e. The standard InChI is InChI=1S/C17H20Cl2N2O4S.C10H7Cl2N/c1-24-25-11-17(7-3-2-4-8-17)21-26(22,23)12-5-6-13-14(9-12)16(19)20-10-15(13)18;1-6-2-3-7-8(4-6)10(12)13-5-9(7)11/h5-6,9-10,21H,2-4,7-8,11H2,1H3;2-5H,1H3. The molecule has 0 spiro atoms.